The molecule has 1 aromatic carbocycles. The molecule has 0 saturated carbocycles. The van der Waals surface area contributed by atoms with E-state index >= 15 is 0 Å². The summed E-state index contributed by atoms with van der Waals surface area (Å²) >= 11 is 12.3. The van der Waals surface area contributed by atoms with Crippen molar-refractivity contribution in [1.82, 2.24) is 15.1 Å². The molecule has 1 N–H and O–H groups in total. The molecule has 0 spiro atoms. The predicted octanol–water partition coefficient (Wildman–Crippen LogP) is 4.55. The highest BCUT2D eigenvalue weighted by Gasteiger charge is 2.42. The summed E-state index contributed by atoms with van der Waals surface area (Å²) in [6.07, 6.45) is 0.292. The minimum Gasteiger partial charge on any atom is -0.350 e. The van der Waals surface area contributed by atoms with Crippen LogP contribution < -0.4 is 5.32 Å². The molecule has 1 aromatic rings. The van der Waals surface area contributed by atoms with E-state index in [1.807, 2.05) is 78.8 Å². The van der Waals surface area contributed by atoms with Crippen molar-refractivity contribution in [2.45, 2.75) is 72.5 Å². The smallest absolute Gasteiger partial charge is 0.267 e. The van der Waals surface area contributed by atoms with Crippen molar-refractivity contribution in [3.05, 3.63) is 46.0 Å². The molecular weight excluding hydrogens is 473 g/mol. The quantitative estimate of drug-likeness (QED) is 0.530. The molecule has 188 valence electrons. The number of halogens is 2. The Balaban J connectivity index is 2.50. The Labute approximate surface area is 213 Å². The third kappa shape index (κ3) is 7.22. The van der Waals surface area contributed by atoms with E-state index in [-0.39, 0.29) is 40.3 Å². The lowest BCUT2D eigenvalue weighted by atomic mass is 9.95. The molecule has 0 fully saturated rings. The zero-order valence-electron chi connectivity index (χ0n) is 21.2. The monoisotopic (exact) mass is 509 g/mol. The fourth-order valence-electron chi connectivity index (χ4n) is 4.13. The summed E-state index contributed by atoms with van der Waals surface area (Å²) in [6.45, 7) is 14.0. The molecular formula is C26H37Cl2N3O3. The van der Waals surface area contributed by atoms with Gasteiger partial charge in [0, 0.05) is 18.5 Å². The van der Waals surface area contributed by atoms with Crippen molar-refractivity contribution < 1.29 is 14.4 Å². The predicted molar refractivity (Wildman–Crippen MR) is 137 cm³/mol. The van der Waals surface area contributed by atoms with E-state index in [0.717, 1.165) is 5.56 Å². The number of carbonyl (C=O) groups excluding carboxylic acids is 3. The molecule has 3 amide bonds. The number of nitrogens with zero attached hydrogens (tertiary/aromatic N) is 2. The van der Waals surface area contributed by atoms with Crippen molar-refractivity contribution in [3.8, 4) is 0 Å². The summed E-state index contributed by atoms with van der Waals surface area (Å²) in [4.78, 5) is 43.5. The average molecular weight is 511 g/mol. The molecule has 1 aliphatic heterocycles. The highest BCUT2D eigenvalue weighted by molar-refractivity contribution is 6.49. The topological polar surface area (TPSA) is 69.7 Å². The standard InChI is InChI=1S/C26H37Cl2N3O3/c1-16(2)14-31(22(17(3)4)23(32)29-26(5,6)7)24(33)20(13-18-11-9-8-10-12-18)30-15-19(27)21(28)25(30)34/h8-12,16-17,20,22H,13-15H2,1-7H3,(H,29,32)/t20-,22?/m0/s1. The number of carbonyl (C=O) groups is 3. The van der Waals surface area contributed by atoms with Gasteiger partial charge in [-0.1, -0.05) is 81.2 Å². The molecule has 1 heterocycles. The molecule has 6 nitrogen and oxygen atoms in total. The van der Waals surface area contributed by atoms with Crippen molar-refractivity contribution in [2.75, 3.05) is 13.1 Å². The number of nitrogens with one attached hydrogen (secondary N) is 1. The molecule has 0 bridgehead atoms. The van der Waals surface area contributed by atoms with Gasteiger partial charge in [0.2, 0.25) is 11.8 Å². The van der Waals surface area contributed by atoms with Crippen LogP contribution in [0.4, 0.5) is 0 Å². The fourth-order valence-corrected chi connectivity index (χ4v) is 4.50. The van der Waals surface area contributed by atoms with E-state index in [1.54, 1.807) is 4.90 Å². The van der Waals surface area contributed by atoms with Gasteiger partial charge in [-0.25, -0.2) is 0 Å². The molecule has 8 heteroatoms. The van der Waals surface area contributed by atoms with E-state index in [9.17, 15) is 14.4 Å². The zero-order valence-corrected chi connectivity index (χ0v) is 22.7. The minimum atomic E-state index is -0.845. The number of amides is 3. The Morgan fingerprint density at radius 1 is 1.09 bits per heavy atom. The van der Waals surface area contributed by atoms with Crippen LogP contribution in [0.2, 0.25) is 0 Å². The Kier molecular flexibility index (Phi) is 9.61. The van der Waals surface area contributed by atoms with Crippen LogP contribution in [0.1, 0.15) is 54.0 Å². The Bertz CT molecular complexity index is 923. The summed E-state index contributed by atoms with van der Waals surface area (Å²) in [7, 11) is 0. The van der Waals surface area contributed by atoms with Crippen LogP contribution in [0.5, 0.6) is 0 Å². The van der Waals surface area contributed by atoms with Crippen LogP contribution in [-0.2, 0) is 20.8 Å². The highest BCUT2D eigenvalue weighted by Crippen LogP contribution is 2.29. The summed E-state index contributed by atoms with van der Waals surface area (Å²) in [5.41, 5.74) is 0.452. The molecule has 0 aromatic heterocycles. The van der Waals surface area contributed by atoms with Crippen LogP contribution in [0, 0.1) is 11.8 Å². The van der Waals surface area contributed by atoms with Gasteiger partial charge in [0.05, 0.1) is 11.6 Å². The zero-order chi connectivity index (χ0) is 25.8. The van der Waals surface area contributed by atoms with Crippen molar-refractivity contribution in [3.63, 3.8) is 0 Å². The maximum Gasteiger partial charge on any atom is 0.267 e. The van der Waals surface area contributed by atoms with Crippen LogP contribution in [0.3, 0.4) is 0 Å². The third-order valence-electron chi connectivity index (χ3n) is 5.51. The number of benzene rings is 1. The molecule has 1 unspecified atom stereocenters. The van der Waals surface area contributed by atoms with Gasteiger partial charge in [-0.3, -0.25) is 14.4 Å². The second kappa shape index (κ2) is 11.6. The Hall–Kier alpha value is -2.05. The van der Waals surface area contributed by atoms with E-state index in [1.165, 1.54) is 4.90 Å². The number of hydrogen-bond donors (Lipinski definition) is 1. The van der Waals surface area contributed by atoms with E-state index in [0.29, 0.717) is 13.0 Å². The van der Waals surface area contributed by atoms with Gasteiger partial charge in [0.25, 0.3) is 5.91 Å². The van der Waals surface area contributed by atoms with Gasteiger partial charge in [-0.2, -0.15) is 0 Å². The van der Waals surface area contributed by atoms with Crippen LogP contribution in [-0.4, -0.2) is 58.2 Å². The largest absolute Gasteiger partial charge is 0.350 e. The lowest BCUT2D eigenvalue weighted by Crippen LogP contribution is -2.60. The molecule has 0 saturated heterocycles. The maximum absolute atomic E-state index is 14.2. The maximum atomic E-state index is 14.2. The second-order valence-electron chi connectivity index (χ2n) is 10.7. The van der Waals surface area contributed by atoms with Crippen molar-refractivity contribution in [1.29, 1.82) is 0 Å². The summed E-state index contributed by atoms with van der Waals surface area (Å²) in [5, 5.41) is 3.19. The van der Waals surface area contributed by atoms with Gasteiger partial charge >= 0.3 is 0 Å². The van der Waals surface area contributed by atoms with Gasteiger partial charge < -0.3 is 15.1 Å². The van der Waals surface area contributed by atoms with Gasteiger partial charge in [-0.05, 0) is 38.2 Å². The Morgan fingerprint density at radius 2 is 1.68 bits per heavy atom. The molecule has 1 aliphatic rings. The normalized spacial score (nSPS) is 16.3. The fraction of sp³-hybridized carbons (Fsp3) is 0.577. The molecule has 2 atom stereocenters. The van der Waals surface area contributed by atoms with Crippen molar-refractivity contribution >= 4 is 40.9 Å². The van der Waals surface area contributed by atoms with Gasteiger partial charge in [-0.15, -0.1) is 0 Å². The van der Waals surface area contributed by atoms with E-state index in [2.05, 4.69) is 5.32 Å². The first kappa shape index (κ1) is 28.2. The third-order valence-corrected chi connectivity index (χ3v) is 6.30. The first-order valence-electron chi connectivity index (χ1n) is 11.7. The van der Waals surface area contributed by atoms with Gasteiger partial charge in [0.15, 0.2) is 0 Å². The summed E-state index contributed by atoms with van der Waals surface area (Å²) in [6, 6.07) is 7.97. The first-order valence-corrected chi connectivity index (χ1v) is 12.5. The highest BCUT2D eigenvalue weighted by atomic mass is 35.5. The molecule has 0 radical (unpaired) electrons. The van der Waals surface area contributed by atoms with E-state index in [4.69, 9.17) is 23.2 Å². The Morgan fingerprint density at radius 3 is 2.12 bits per heavy atom. The average Bonchev–Trinajstić information content (AvgIpc) is 2.97. The summed E-state index contributed by atoms with van der Waals surface area (Å²) < 4.78 is 0. The summed E-state index contributed by atoms with van der Waals surface area (Å²) in [5.74, 6) is -0.987. The minimum absolute atomic E-state index is 0.0613. The molecule has 2 rings (SSSR count). The number of hydrogen-bond acceptors (Lipinski definition) is 3. The van der Waals surface area contributed by atoms with Crippen LogP contribution >= 0.6 is 23.2 Å². The molecule has 0 aliphatic carbocycles. The van der Waals surface area contributed by atoms with Crippen LogP contribution in [0.15, 0.2) is 40.4 Å². The second-order valence-corrected chi connectivity index (χ2v) is 11.5. The van der Waals surface area contributed by atoms with E-state index < -0.39 is 23.5 Å². The van der Waals surface area contributed by atoms with Gasteiger partial charge in [0.1, 0.15) is 17.1 Å². The number of rotatable bonds is 9. The lowest BCUT2D eigenvalue weighted by molar-refractivity contribution is -0.150. The molecule has 34 heavy (non-hydrogen) atoms. The SMILES string of the molecule is CC(C)CN(C(=O)[C@H](Cc1ccccc1)N1CC(Cl)=C(Cl)C1=O)C(C(=O)NC(C)(C)C)C(C)C. The first-order chi connectivity index (χ1) is 15.7. The van der Waals surface area contributed by atoms with Crippen LogP contribution in [0.25, 0.3) is 0 Å². The van der Waals surface area contributed by atoms with Crippen molar-refractivity contribution in [2.24, 2.45) is 11.8 Å². The lowest BCUT2D eigenvalue weighted by Gasteiger charge is -2.40.